The Morgan fingerprint density at radius 2 is 2.04 bits per heavy atom. The molecular formula is C16H19N3O4. The van der Waals surface area contributed by atoms with Gasteiger partial charge in [-0.2, -0.15) is 0 Å². The fourth-order valence-corrected chi connectivity index (χ4v) is 2.97. The van der Waals surface area contributed by atoms with Crippen LogP contribution in [0.5, 0.6) is 5.75 Å². The summed E-state index contributed by atoms with van der Waals surface area (Å²) in [5.74, 6) is 0.268. The van der Waals surface area contributed by atoms with Gasteiger partial charge >= 0.3 is 6.03 Å². The molecule has 0 aromatic heterocycles. The summed E-state index contributed by atoms with van der Waals surface area (Å²) < 4.78 is 5.64. The summed E-state index contributed by atoms with van der Waals surface area (Å²) in [6.45, 7) is 2.62. The van der Waals surface area contributed by atoms with E-state index in [0.29, 0.717) is 25.3 Å². The number of para-hydroxylation sites is 1. The summed E-state index contributed by atoms with van der Waals surface area (Å²) >= 11 is 0. The minimum atomic E-state index is -0.612. The molecule has 3 rings (SSSR count). The van der Waals surface area contributed by atoms with Crippen LogP contribution in [0, 0.1) is 0 Å². The topological polar surface area (TPSA) is 79.0 Å². The molecule has 7 nitrogen and oxygen atoms in total. The molecule has 2 saturated heterocycles. The van der Waals surface area contributed by atoms with E-state index in [4.69, 9.17) is 4.74 Å². The average molecular weight is 317 g/mol. The predicted molar refractivity (Wildman–Crippen MR) is 81.8 cm³/mol. The van der Waals surface area contributed by atoms with E-state index in [1.165, 1.54) is 4.90 Å². The number of nitrogens with zero attached hydrogens (tertiary/aromatic N) is 2. The number of amides is 4. The van der Waals surface area contributed by atoms with Crippen LogP contribution < -0.4 is 10.1 Å². The molecule has 23 heavy (non-hydrogen) atoms. The van der Waals surface area contributed by atoms with Crippen LogP contribution >= 0.6 is 0 Å². The molecule has 1 aromatic rings. The molecule has 0 unspecified atom stereocenters. The normalized spacial score (nSPS) is 22.2. The molecule has 2 aliphatic heterocycles. The molecule has 122 valence electrons. The number of carbonyl (C=O) groups excluding carboxylic acids is 3. The Balaban J connectivity index is 1.59. The summed E-state index contributed by atoms with van der Waals surface area (Å²) in [6, 6.07) is 8.53. The second kappa shape index (κ2) is 6.28. The van der Waals surface area contributed by atoms with E-state index in [2.05, 4.69) is 5.32 Å². The zero-order valence-corrected chi connectivity index (χ0v) is 12.9. The standard InChI is InChI=1S/C16H19N3O4/c1-11(23-13-5-3-2-4-6-13)15(21)18-8-7-12(10-18)19-14(20)9-17-16(19)22/h2-6,11-12H,7-10H2,1H3,(H,17,22)/t11-,12-/m1/s1. The predicted octanol–water partition coefficient (Wildman–Crippen LogP) is 0.607. The average Bonchev–Trinajstić information content (AvgIpc) is 3.14. The van der Waals surface area contributed by atoms with Crippen LogP contribution in [-0.2, 0) is 9.59 Å². The lowest BCUT2D eigenvalue weighted by atomic mass is 10.2. The Labute approximate surface area is 134 Å². The van der Waals surface area contributed by atoms with Crippen LogP contribution in [0.3, 0.4) is 0 Å². The van der Waals surface area contributed by atoms with Crippen molar-refractivity contribution in [3.05, 3.63) is 30.3 Å². The van der Waals surface area contributed by atoms with E-state index in [1.54, 1.807) is 24.0 Å². The van der Waals surface area contributed by atoms with Crippen molar-refractivity contribution in [3.63, 3.8) is 0 Å². The maximum atomic E-state index is 12.5. The highest BCUT2D eigenvalue weighted by Gasteiger charge is 2.40. The molecule has 0 spiro atoms. The van der Waals surface area contributed by atoms with Gasteiger partial charge in [0.05, 0.1) is 12.6 Å². The van der Waals surface area contributed by atoms with Crippen LogP contribution in [0.1, 0.15) is 13.3 Å². The monoisotopic (exact) mass is 317 g/mol. The number of urea groups is 1. The van der Waals surface area contributed by atoms with Crippen LogP contribution in [0.15, 0.2) is 30.3 Å². The smallest absolute Gasteiger partial charge is 0.324 e. The van der Waals surface area contributed by atoms with Crippen molar-refractivity contribution in [2.75, 3.05) is 19.6 Å². The maximum absolute atomic E-state index is 12.5. The minimum absolute atomic E-state index is 0.0385. The van der Waals surface area contributed by atoms with Crippen molar-refractivity contribution in [2.24, 2.45) is 0 Å². The molecule has 2 heterocycles. The van der Waals surface area contributed by atoms with Gasteiger partial charge in [0.25, 0.3) is 5.91 Å². The number of likely N-dealkylation sites (tertiary alicyclic amines) is 1. The highest BCUT2D eigenvalue weighted by atomic mass is 16.5. The van der Waals surface area contributed by atoms with E-state index in [-0.39, 0.29) is 30.4 Å². The molecule has 1 N–H and O–H groups in total. The molecule has 2 atom stereocenters. The van der Waals surface area contributed by atoms with Crippen LogP contribution in [0.4, 0.5) is 4.79 Å². The third-order valence-corrected chi connectivity index (χ3v) is 4.12. The van der Waals surface area contributed by atoms with E-state index in [0.717, 1.165) is 0 Å². The Morgan fingerprint density at radius 1 is 1.30 bits per heavy atom. The second-order valence-corrected chi connectivity index (χ2v) is 5.72. The van der Waals surface area contributed by atoms with Crippen molar-refractivity contribution in [1.82, 2.24) is 15.1 Å². The lowest BCUT2D eigenvalue weighted by molar-refractivity contribution is -0.137. The highest BCUT2D eigenvalue weighted by Crippen LogP contribution is 2.20. The van der Waals surface area contributed by atoms with Gasteiger partial charge in [-0.1, -0.05) is 18.2 Å². The molecular weight excluding hydrogens is 298 g/mol. The molecule has 2 aliphatic rings. The Hall–Kier alpha value is -2.57. The van der Waals surface area contributed by atoms with Crippen LogP contribution in [-0.4, -0.2) is 59.4 Å². The SMILES string of the molecule is C[C@@H](Oc1ccccc1)C(=O)N1CC[C@@H](N2C(=O)CNC2=O)C1. The summed E-state index contributed by atoms with van der Waals surface area (Å²) in [7, 11) is 0. The van der Waals surface area contributed by atoms with Gasteiger partial charge in [0.15, 0.2) is 6.10 Å². The Kier molecular flexibility index (Phi) is 4.18. The minimum Gasteiger partial charge on any atom is -0.481 e. The van der Waals surface area contributed by atoms with Crippen molar-refractivity contribution in [1.29, 1.82) is 0 Å². The zero-order chi connectivity index (χ0) is 16.4. The quantitative estimate of drug-likeness (QED) is 0.825. The number of ether oxygens (including phenoxy) is 1. The first-order chi connectivity index (χ1) is 11.1. The van der Waals surface area contributed by atoms with Gasteiger partial charge in [0.1, 0.15) is 5.75 Å². The number of hydrogen-bond acceptors (Lipinski definition) is 4. The van der Waals surface area contributed by atoms with Gasteiger partial charge in [-0.3, -0.25) is 14.5 Å². The van der Waals surface area contributed by atoms with Crippen molar-refractivity contribution < 1.29 is 19.1 Å². The third kappa shape index (κ3) is 3.13. The first-order valence-corrected chi connectivity index (χ1v) is 7.66. The van der Waals surface area contributed by atoms with Gasteiger partial charge < -0.3 is 15.0 Å². The third-order valence-electron chi connectivity index (χ3n) is 4.12. The lowest BCUT2D eigenvalue weighted by Crippen LogP contribution is -2.44. The van der Waals surface area contributed by atoms with Crippen molar-refractivity contribution >= 4 is 17.8 Å². The largest absolute Gasteiger partial charge is 0.481 e. The number of benzene rings is 1. The maximum Gasteiger partial charge on any atom is 0.324 e. The summed E-state index contributed by atoms with van der Waals surface area (Å²) in [6.07, 6.45) is -0.0116. The van der Waals surface area contributed by atoms with Gasteiger partial charge in [0, 0.05) is 13.1 Å². The number of rotatable bonds is 4. The van der Waals surface area contributed by atoms with E-state index >= 15 is 0 Å². The second-order valence-electron chi connectivity index (χ2n) is 5.72. The van der Waals surface area contributed by atoms with E-state index in [1.807, 2.05) is 18.2 Å². The number of imide groups is 1. The zero-order valence-electron chi connectivity index (χ0n) is 12.9. The van der Waals surface area contributed by atoms with Gasteiger partial charge in [-0.25, -0.2) is 4.79 Å². The molecule has 2 fully saturated rings. The summed E-state index contributed by atoms with van der Waals surface area (Å²) in [5.41, 5.74) is 0. The van der Waals surface area contributed by atoms with Crippen LogP contribution in [0.25, 0.3) is 0 Å². The van der Waals surface area contributed by atoms with Gasteiger partial charge in [-0.05, 0) is 25.5 Å². The Morgan fingerprint density at radius 3 is 2.70 bits per heavy atom. The molecule has 0 saturated carbocycles. The highest BCUT2D eigenvalue weighted by molar-refractivity contribution is 6.02. The molecule has 1 aromatic carbocycles. The summed E-state index contributed by atoms with van der Waals surface area (Å²) in [5, 5.41) is 2.51. The van der Waals surface area contributed by atoms with Gasteiger partial charge in [-0.15, -0.1) is 0 Å². The van der Waals surface area contributed by atoms with Crippen LogP contribution in [0.2, 0.25) is 0 Å². The van der Waals surface area contributed by atoms with E-state index in [9.17, 15) is 14.4 Å². The fourth-order valence-electron chi connectivity index (χ4n) is 2.97. The molecule has 4 amide bonds. The molecule has 0 aliphatic carbocycles. The number of nitrogens with one attached hydrogen (secondary N) is 1. The molecule has 0 bridgehead atoms. The number of carbonyl (C=O) groups is 3. The first kappa shape index (κ1) is 15.3. The number of hydrogen-bond donors (Lipinski definition) is 1. The van der Waals surface area contributed by atoms with Gasteiger partial charge in [0.2, 0.25) is 5.91 Å². The fraction of sp³-hybridized carbons (Fsp3) is 0.438. The first-order valence-electron chi connectivity index (χ1n) is 7.66. The molecule has 0 radical (unpaired) electrons. The summed E-state index contributed by atoms with van der Waals surface area (Å²) in [4.78, 5) is 38.8. The lowest BCUT2D eigenvalue weighted by Gasteiger charge is -2.23. The van der Waals surface area contributed by atoms with E-state index < -0.39 is 6.10 Å². The molecule has 7 heteroatoms. The Bertz CT molecular complexity index is 603. The van der Waals surface area contributed by atoms with Crippen molar-refractivity contribution in [3.8, 4) is 5.75 Å². The van der Waals surface area contributed by atoms with Crippen molar-refractivity contribution in [2.45, 2.75) is 25.5 Å².